The molecule has 6 heteroatoms. The predicted octanol–water partition coefficient (Wildman–Crippen LogP) is 6.06. The van der Waals surface area contributed by atoms with Gasteiger partial charge in [0, 0.05) is 11.6 Å². The Balaban J connectivity index is 1.85. The summed E-state index contributed by atoms with van der Waals surface area (Å²) >= 11 is 6.22. The van der Waals surface area contributed by atoms with Crippen LogP contribution in [0.15, 0.2) is 48.0 Å². The molecular formula is C27H30ClNO4. The van der Waals surface area contributed by atoms with Gasteiger partial charge in [0.1, 0.15) is 11.5 Å². The van der Waals surface area contributed by atoms with Crippen LogP contribution in [0.4, 0.5) is 0 Å². The van der Waals surface area contributed by atoms with Gasteiger partial charge < -0.3 is 14.7 Å². The molecule has 0 aromatic heterocycles. The maximum absolute atomic E-state index is 13.3. The number of aliphatic hydroxyl groups is 1. The zero-order chi connectivity index (χ0) is 23.5. The number of likely N-dealkylation sites (tertiary alicyclic amines) is 1. The Kier molecular flexibility index (Phi) is 7.08. The van der Waals surface area contributed by atoms with Gasteiger partial charge in [-0.15, -0.1) is 0 Å². The van der Waals surface area contributed by atoms with E-state index in [9.17, 15) is 14.7 Å². The molecule has 1 N–H and O–H groups in total. The highest BCUT2D eigenvalue weighted by molar-refractivity contribution is 6.46. The molecule has 2 aromatic rings. The highest BCUT2D eigenvalue weighted by Crippen LogP contribution is 2.43. The molecule has 1 saturated heterocycles. The summed E-state index contributed by atoms with van der Waals surface area (Å²) in [7, 11) is 0. The van der Waals surface area contributed by atoms with Gasteiger partial charge in [-0.2, -0.15) is 0 Å². The van der Waals surface area contributed by atoms with Crippen LogP contribution in [0.2, 0.25) is 5.02 Å². The van der Waals surface area contributed by atoms with Crippen molar-refractivity contribution in [2.24, 2.45) is 0 Å². The first kappa shape index (κ1) is 23.4. The fraction of sp³-hybridized carbons (Fsp3) is 0.407. The van der Waals surface area contributed by atoms with Crippen molar-refractivity contribution in [2.75, 3.05) is 6.61 Å². The molecule has 0 spiro atoms. The Morgan fingerprint density at radius 3 is 2.39 bits per heavy atom. The van der Waals surface area contributed by atoms with Gasteiger partial charge in [-0.1, -0.05) is 62.1 Å². The second-order valence-corrected chi connectivity index (χ2v) is 9.08. The fourth-order valence-electron chi connectivity index (χ4n) is 4.92. The number of hydrogen-bond donors (Lipinski definition) is 1. The summed E-state index contributed by atoms with van der Waals surface area (Å²) in [6.45, 7) is 4.35. The molecule has 5 nitrogen and oxygen atoms in total. The standard InChI is InChI=1S/C27H30ClNO4/c1-3-17-10-12-18(13-11-17)24-23(25(30)19-14-15-21(28)22(16-19)33-4-2)26(31)27(32)29(24)20-8-6-5-7-9-20/h10-16,20,24,30H,3-9H2,1-2H3/b25-23-. The monoisotopic (exact) mass is 467 g/mol. The first-order valence-corrected chi connectivity index (χ1v) is 12.2. The number of hydrogen-bond acceptors (Lipinski definition) is 4. The molecule has 4 rings (SSSR count). The molecule has 0 radical (unpaired) electrons. The number of benzene rings is 2. The molecule has 1 amide bonds. The minimum Gasteiger partial charge on any atom is -0.507 e. The van der Waals surface area contributed by atoms with Crippen LogP contribution < -0.4 is 4.74 Å². The lowest BCUT2D eigenvalue weighted by Gasteiger charge is -2.35. The van der Waals surface area contributed by atoms with Gasteiger partial charge in [-0.25, -0.2) is 0 Å². The molecule has 1 heterocycles. The average Bonchev–Trinajstić information content (AvgIpc) is 3.11. The predicted molar refractivity (Wildman–Crippen MR) is 129 cm³/mol. The number of aryl methyl sites for hydroxylation is 1. The molecule has 33 heavy (non-hydrogen) atoms. The van der Waals surface area contributed by atoms with E-state index in [4.69, 9.17) is 16.3 Å². The van der Waals surface area contributed by atoms with Crippen molar-refractivity contribution in [3.63, 3.8) is 0 Å². The van der Waals surface area contributed by atoms with Crippen LogP contribution in [0.1, 0.15) is 68.7 Å². The summed E-state index contributed by atoms with van der Waals surface area (Å²) in [6, 6.07) is 12.2. The van der Waals surface area contributed by atoms with Crippen LogP contribution in [-0.4, -0.2) is 34.3 Å². The fourth-order valence-corrected chi connectivity index (χ4v) is 5.09. The summed E-state index contributed by atoms with van der Waals surface area (Å²) in [4.78, 5) is 28.3. The lowest BCUT2D eigenvalue weighted by Crippen LogP contribution is -2.40. The molecule has 1 aliphatic heterocycles. The van der Waals surface area contributed by atoms with Crippen LogP contribution in [0, 0.1) is 0 Å². The van der Waals surface area contributed by atoms with E-state index < -0.39 is 17.7 Å². The second kappa shape index (κ2) is 10.0. The summed E-state index contributed by atoms with van der Waals surface area (Å²) in [6.07, 6.45) is 5.83. The van der Waals surface area contributed by atoms with E-state index in [1.54, 1.807) is 23.1 Å². The lowest BCUT2D eigenvalue weighted by molar-refractivity contribution is -0.141. The molecule has 0 bridgehead atoms. The summed E-state index contributed by atoms with van der Waals surface area (Å²) in [5.74, 6) is -0.954. The highest BCUT2D eigenvalue weighted by Gasteiger charge is 2.48. The number of carbonyl (C=O) groups is 2. The van der Waals surface area contributed by atoms with Crippen molar-refractivity contribution in [3.05, 3.63) is 69.8 Å². The Labute approximate surface area is 200 Å². The first-order valence-electron chi connectivity index (χ1n) is 11.8. The molecule has 1 unspecified atom stereocenters. The van der Waals surface area contributed by atoms with Crippen molar-refractivity contribution in [3.8, 4) is 5.75 Å². The van der Waals surface area contributed by atoms with Gasteiger partial charge in [-0.3, -0.25) is 9.59 Å². The Morgan fingerprint density at radius 1 is 1.06 bits per heavy atom. The SMILES string of the molecule is CCOc1cc(/C(O)=C2/C(=O)C(=O)N(C3CCCCC3)C2c2ccc(CC)cc2)ccc1Cl. The summed E-state index contributed by atoms with van der Waals surface area (Å²) in [5.41, 5.74) is 2.53. The molecule has 1 saturated carbocycles. The third-order valence-corrected chi connectivity index (χ3v) is 6.97. The zero-order valence-electron chi connectivity index (χ0n) is 19.1. The van der Waals surface area contributed by atoms with Crippen LogP contribution in [0.3, 0.4) is 0 Å². The van der Waals surface area contributed by atoms with Crippen molar-refractivity contribution in [2.45, 2.75) is 64.5 Å². The molecule has 2 aliphatic rings. The first-order chi connectivity index (χ1) is 16.0. The zero-order valence-corrected chi connectivity index (χ0v) is 19.9. The normalized spacial score (nSPS) is 20.9. The molecule has 2 aromatic carbocycles. The quantitative estimate of drug-likeness (QED) is 0.319. The van der Waals surface area contributed by atoms with Crippen molar-refractivity contribution in [1.29, 1.82) is 0 Å². The minimum absolute atomic E-state index is 0.0134. The maximum Gasteiger partial charge on any atom is 0.295 e. The van der Waals surface area contributed by atoms with E-state index in [2.05, 4.69) is 6.92 Å². The van der Waals surface area contributed by atoms with Crippen LogP contribution in [-0.2, 0) is 16.0 Å². The van der Waals surface area contributed by atoms with Crippen molar-refractivity contribution < 1.29 is 19.4 Å². The van der Waals surface area contributed by atoms with Gasteiger partial charge in [-0.05, 0) is 55.5 Å². The molecule has 1 aliphatic carbocycles. The smallest absolute Gasteiger partial charge is 0.295 e. The Hall–Kier alpha value is -2.79. The number of ketones is 1. The second-order valence-electron chi connectivity index (χ2n) is 8.67. The minimum atomic E-state index is -0.643. The van der Waals surface area contributed by atoms with E-state index in [0.29, 0.717) is 22.9 Å². The number of amides is 1. The van der Waals surface area contributed by atoms with E-state index in [0.717, 1.165) is 44.1 Å². The Morgan fingerprint density at radius 2 is 1.76 bits per heavy atom. The maximum atomic E-state index is 13.3. The largest absolute Gasteiger partial charge is 0.507 e. The number of Topliss-reactive ketones (excluding diaryl/α,β-unsaturated/α-hetero) is 1. The van der Waals surface area contributed by atoms with Crippen molar-refractivity contribution >= 4 is 29.1 Å². The van der Waals surface area contributed by atoms with E-state index >= 15 is 0 Å². The van der Waals surface area contributed by atoms with Crippen LogP contribution >= 0.6 is 11.6 Å². The number of halogens is 1. The highest BCUT2D eigenvalue weighted by atomic mass is 35.5. The van der Waals surface area contributed by atoms with Crippen LogP contribution in [0.5, 0.6) is 5.75 Å². The van der Waals surface area contributed by atoms with Gasteiger partial charge in [0.2, 0.25) is 0 Å². The van der Waals surface area contributed by atoms with Crippen molar-refractivity contribution in [1.82, 2.24) is 4.90 Å². The number of aliphatic hydroxyl groups excluding tert-OH is 1. The van der Waals surface area contributed by atoms with E-state index in [-0.39, 0.29) is 17.4 Å². The third kappa shape index (κ3) is 4.51. The summed E-state index contributed by atoms with van der Waals surface area (Å²) in [5, 5.41) is 11.7. The van der Waals surface area contributed by atoms with Gasteiger partial charge in [0.05, 0.1) is 23.2 Å². The van der Waals surface area contributed by atoms with Gasteiger partial charge in [0.25, 0.3) is 11.7 Å². The number of nitrogens with zero attached hydrogens (tertiary/aromatic N) is 1. The topological polar surface area (TPSA) is 66.8 Å². The molecule has 2 fully saturated rings. The number of carbonyl (C=O) groups excluding carboxylic acids is 2. The van der Waals surface area contributed by atoms with Gasteiger partial charge in [0.15, 0.2) is 0 Å². The van der Waals surface area contributed by atoms with Gasteiger partial charge >= 0.3 is 0 Å². The lowest BCUT2D eigenvalue weighted by atomic mass is 9.90. The van der Waals surface area contributed by atoms with E-state index in [1.165, 1.54) is 5.56 Å². The Bertz CT molecular complexity index is 1070. The summed E-state index contributed by atoms with van der Waals surface area (Å²) < 4.78 is 5.56. The molecular weight excluding hydrogens is 438 g/mol. The van der Waals surface area contributed by atoms with E-state index in [1.807, 2.05) is 31.2 Å². The van der Waals surface area contributed by atoms with Crippen LogP contribution in [0.25, 0.3) is 5.76 Å². The molecule has 1 atom stereocenters. The number of rotatable bonds is 6. The molecule has 174 valence electrons. The average molecular weight is 468 g/mol. The number of ether oxygens (including phenoxy) is 1. The third-order valence-electron chi connectivity index (χ3n) is 6.66.